The molecule has 0 heterocycles. The van der Waals surface area contributed by atoms with Gasteiger partial charge in [-0.25, -0.2) is 0 Å². The predicted octanol–water partition coefficient (Wildman–Crippen LogP) is 6.49. The van der Waals surface area contributed by atoms with Crippen molar-refractivity contribution in [3.63, 3.8) is 0 Å². The molecule has 0 amide bonds. The van der Waals surface area contributed by atoms with Gasteiger partial charge in [-0.15, -0.1) is 0 Å². The Hall–Kier alpha value is 0.106. The Morgan fingerprint density at radius 1 is 0.667 bits per heavy atom. The van der Waals surface area contributed by atoms with Crippen LogP contribution < -0.4 is 14.8 Å². The van der Waals surface area contributed by atoms with Gasteiger partial charge < -0.3 is 9.47 Å². The van der Waals surface area contributed by atoms with Crippen molar-refractivity contribution in [3.05, 3.63) is 42.5 Å². The number of rotatable bonds is 6. The summed E-state index contributed by atoms with van der Waals surface area (Å²) in [6, 6.07) is 15.3. The summed E-state index contributed by atoms with van der Waals surface area (Å²) in [5.41, 5.74) is 4.23. The maximum absolute atomic E-state index is 5.80. The Bertz CT molecular complexity index is 757. The van der Waals surface area contributed by atoms with Crippen molar-refractivity contribution in [2.45, 2.75) is 75.5 Å². The second-order valence-corrected chi connectivity index (χ2v) is 11.3. The molecule has 2 aromatic carbocycles. The summed E-state index contributed by atoms with van der Waals surface area (Å²) >= 11 is 0. The van der Waals surface area contributed by atoms with E-state index in [0.29, 0.717) is 0 Å². The van der Waals surface area contributed by atoms with Crippen molar-refractivity contribution in [1.29, 1.82) is 0 Å². The monoisotopic (exact) mass is 450 g/mol. The normalized spacial score (nSPS) is 18.1. The van der Waals surface area contributed by atoms with Crippen molar-refractivity contribution in [3.8, 4) is 22.6 Å². The topological polar surface area (TPSA) is 18.5 Å². The van der Waals surface area contributed by atoms with Gasteiger partial charge in [0.2, 0.25) is 0 Å². The first-order valence-corrected chi connectivity index (χ1v) is 12.9. The Morgan fingerprint density at radius 2 is 1.17 bits per heavy atom. The molecule has 0 atom stereocenters. The van der Waals surface area contributed by atoms with Crippen LogP contribution in [-0.4, -0.2) is 76.9 Å². The third-order valence-corrected chi connectivity index (χ3v) is 10.4. The molecule has 0 saturated heterocycles. The van der Waals surface area contributed by atoms with Crippen LogP contribution in [0.1, 0.15) is 64.2 Å². The van der Waals surface area contributed by atoms with E-state index < -0.39 is 0 Å². The fourth-order valence-electron chi connectivity index (χ4n) is 5.44. The van der Waals surface area contributed by atoms with Gasteiger partial charge in [-0.3, -0.25) is 0 Å². The second-order valence-electron chi connectivity index (χ2n) is 8.55. The zero-order valence-electron chi connectivity index (χ0n) is 18.0. The first-order chi connectivity index (χ1) is 14.3. The molecular weight excluding hydrogens is 414 g/mol. The average molecular weight is 451 g/mol. The summed E-state index contributed by atoms with van der Waals surface area (Å²) in [7, 11) is 3.36. The third kappa shape index (κ3) is 5.53. The van der Waals surface area contributed by atoms with E-state index in [1.165, 1.54) is 69.8 Å². The van der Waals surface area contributed by atoms with Crippen molar-refractivity contribution < 1.29 is 9.47 Å². The van der Waals surface area contributed by atoms with Crippen LogP contribution in [0.25, 0.3) is 11.1 Å². The average Bonchev–Trinajstić information content (AvgIpc) is 2.80. The first kappa shape index (κ1) is 24.7. The molecule has 2 aromatic rings. The van der Waals surface area contributed by atoms with Gasteiger partial charge in [0.25, 0.3) is 0 Å². The summed E-state index contributed by atoms with van der Waals surface area (Å²) in [6.07, 6.45) is 14.2. The Balaban J connectivity index is 0.00000256. The Kier molecular flexibility index (Phi) is 10.2. The van der Waals surface area contributed by atoms with Crippen molar-refractivity contribution >= 4 is 64.6 Å². The molecule has 2 aliphatic rings. The molecule has 2 nitrogen and oxygen atoms in total. The molecule has 2 saturated carbocycles. The minimum atomic E-state index is -0.182. The molecule has 2 aliphatic carbocycles. The summed E-state index contributed by atoms with van der Waals surface area (Å²) in [6.45, 7) is 0. The van der Waals surface area contributed by atoms with E-state index in [0.717, 1.165) is 28.4 Å². The van der Waals surface area contributed by atoms with E-state index in [-0.39, 0.29) is 59.3 Å². The van der Waals surface area contributed by atoms with Crippen LogP contribution >= 0.6 is 7.92 Å². The van der Waals surface area contributed by atoms with Crippen molar-refractivity contribution in [2.24, 2.45) is 0 Å². The van der Waals surface area contributed by atoms with Crippen LogP contribution in [0.2, 0.25) is 0 Å². The van der Waals surface area contributed by atoms with Crippen LogP contribution in [0.5, 0.6) is 11.5 Å². The number of hydrogen-bond acceptors (Lipinski definition) is 2. The molecule has 0 N–H and O–H groups in total. The molecule has 0 aromatic heterocycles. The standard InChI is InChI=1S/C26H35O2P.K.H/c1-27-23-17-11-18-24(28-2)26(23)22-16-9-10-19-25(22)29(20-12-5-3-6-13-20)21-14-7-4-8-15-21;;/h9-11,16-21H,3-8,12-15H2,1-2H3;;. The van der Waals surface area contributed by atoms with Gasteiger partial charge >= 0.3 is 51.4 Å². The van der Waals surface area contributed by atoms with Gasteiger partial charge in [0.1, 0.15) is 11.5 Å². The van der Waals surface area contributed by atoms with Gasteiger partial charge in [0.05, 0.1) is 19.8 Å². The van der Waals surface area contributed by atoms with Gasteiger partial charge in [0, 0.05) is 0 Å². The van der Waals surface area contributed by atoms with Crippen LogP contribution in [0, 0.1) is 0 Å². The minimum absolute atomic E-state index is 0. The van der Waals surface area contributed by atoms with E-state index in [2.05, 4.69) is 36.4 Å². The number of ether oxygens (including phenoxy) is 2. The number of hydrogen-bond donors (Lipinski definition) is 0. The molecule has 30 heavy (non-hydrogen) atoms. The Morgan fingerprint density at radius 3 is 1.67 bits per heavy atom. The quantitative estimate of drug-likeness (QED) is 0.370. The number of benzene rings is 2. The molecule has 4 heteroatoms. The third-order valence-electron chi connectivity index (χ3n) is 6.82. The van der Waals surface area contributed by atoms with Gasteiger partial charge in [-0.2, -0.15) is 0 Å². The van der Waals surface area contributed by atoms with Gasteiger partial charge in [0.15, 0.2) is 0 Å². The van der Waals surface area contributed by atoms with Crippen molar-refractivity contribution in [2.75, 3.05) is 14.2 Å². The molecule has 0 bridgehead atoms. The summed E-state index contributed by atoms with van der Waals surface area (Å²) in [4.78, 5) is 0. The van der Waals surface area contributed by atoms with Crippen LogP contribution in [0.4, 0.5) is 0 Å². The molecule has 0 aliphatic heterocycles. The van der Waals surface area contributed by atoms with Crippen LogP contribution in [0.15, 0.2) is 42.5 Å². The second kappa shape index (κ2) is 12.4. The van der Waals surface area contributed by atoms with Crippen LogP contribution in [0.3, 0.4) is 0 Å². The van der Waals surface area contributed by atoms with Gasteiger partial charge in [-0.05, 0) is 60.0 Å². The molecule has 158 valence electrons. The first-order valence-electron chi connectivity index (χ1n) is 11.4. The fraction of sp³-hybridized carbons (Fsp3) is 0.538. The summed E-state index contributed by atoms with van der Waals surface area (Å²) in [5.74, 6) is 1.83. The summed E-state index contributed by atoms with van der Waals surface area (Å²) < 4.78 is 11.6. The van der Waals surface area contributed by atoms with E-state index in [1.54, 1.807) is 19.5 Å². The van der Waals surface area contributed by atoms with E-state index in [9.17, 15) is 0 Å². The van der Waals surface area contributed by atoms with E-state index in [4.69, 9.17) is 9.47 Å². The predicted molar refractivity (Wildman–Crippen MR) is 132 cm³/mol. The SMILES string of the molecule is COc1cccc(OC)c1-c1ccccc1P(C1CCCCC1)C1CCCCC1.[KH]. The maximum atomic E-state index is 5.80. The molecule has 0 unspecified atom stereocenters. The fourth-order valence-corrected chi connectivity index (χ4v) is 9.39. The molecule has 2 fully saturated rings. The van der Waals surface area contributed by atoms with Gasteiger partial charge in [-0.1, -0.05) is 76.8 Å². The van der Waals surface area contributed by atoms with Crippen molar-refractivity contribution in [1.82, 2.24) is 0 Å². The zero-order valence-corrected chi connectivity index (χ0v) is 18.9. The molecule has 4 rings (SSSR count). The van der Waals surface area contributed by atoms with E-state index >= 15 is 0 Å². The molecule has 0 spiro atoms. The number of methoxy groups -OCH3 is 2. The van der Waals surface area contributed by atoms with E-state index in [1.807, 2.05) is 6.07 Å². The molecular formula is C26H36KO2P. The Labute approximate surface area is 226 Å². The van der Waals surface area contributed by atoms with Crippen LogP contribution in [-0.2, 0) is 0 Å². The molecule has 0 radical (unpaired) electrons. The zero-order chi connectivity index (χ0) is 20.1. The summed E-state index contributed by atoms with van der Waals surface area (Å²) in [5, 5.41) is 1.59.